The Hall–Kier alpha value is -0.890. The van der Waals surface area contributed by atoms with E-state index in [9.17, 15) is 17.6 Å². The zero-order valence-electron chi connectivity index (χ0n) is 10.8. The maximum absolute atomic E-state index is 13.6. The first-order valence-electron chi connectivity index (χ1n) is 5.28. The third-order valence-corrected chi connectivity index (χ3v) is 3.98. The summed E-state index contributed by atoms with van der Waals surface area (Å²) in [7, 11) is -4.40. The quantitative estimate of drug-likeness (QED) is 0.660. The number of halogens is 3. The third-order valence-electron chi connectivity index (χ3n) is 2.02. The lowest BCUT2D eigenvalue weighted by molar-refractivity contribution is 0.00689. The van der Waals surface area contributed by atoms with Crippen LogP contribution in [-0.2, 0) is 14.8 Å². The number of rotatable bonds is 2. The molecule has 0 spiro atoms. The van der Waals surface area contributed by atoms with Gasteiger partial charge in [0.1, 0.15) is 16.3 Å². The van der Waals surface area contributed by atoms with Crippen LogP contribution in [0.4, 0.5) is 4.39 Å². The Morgan fingerprint density at radius 3 is 2.20 bits per heavy atom. The number of ether oxygens (including phenoxy) is 1. The van der Waals surface area contributed by atoms with Gasteiger partial charge in [-0.05, 0) is 26.8 Å². The normalized spacial score (nSPS) is 12.3. The largest absolute Gasteiger partial charge is 0.456 e. The lowest BCUT2D eigenvalue weighted by Gasteiger charge is -2.20. The molecule has 112 valence electrons. The molecule has 0 saturated carbocycles. The van der Waals surface area contributed by atoms with E-state index in [1.54, 1.807) is 20.8 Å². The summed E-state index contributed by atoms with van der Waals surface area (Å²) >= 11 is 11.3. The van der Waals surface area contributed by atoms with Gasteiger partial charge in [-0.15, -0.1) is 0 Å². The number of carbonyl (C=O) groups is 1. The van der Waals surface area contributed by atoms with Gasteiger partial charge in [0.25, 0.3) is 0 Å². The van der Waals surface area contributed by atoms with Crippen LogP contribution in [0.15, 0.2) is 11.0 Å². The number of esters is 1. The number of benzene rings is 1. The molecule has 5 nitrogen and oxygen atoms in total. The predicted octanol–water partition coefficient (Wildman–Crippen LogP) is 2.74. The van der Waals surface area contributed by atoms with Gasteiger partial charge < -0.3 is 4.74 Å². The third kappa shape index (κ3) is 3.82. The van der Waals surface area contributed by atoms with Crippen molar-refractivity contribution in [3.63, 3.8) is 0 Å². The van der Waals surface area contributed by atoms with Gasteiger partial charge in [-0.1, -0.05) is 23.2 Å². The van der Waals surface area contributed by atoms with Crippen LogP contribution in [0.1, 0.15) is 31.1 Å². The molecular weight excluding hydrogens is 332 g/mol. The van der Waals surface area contributed by atoms with Crippen LogP contribution in [0.3, 0.4) is 0 Å². The molecule has 1 aromatic rings. The average Bonchev–Trinajstić information content (AvgIpc) is 2.18. The van der Waals surface area contributed by atoms with Gasteiger partial charge in [-0.25, -0.2) is 22.7 Å². The molecule has 9 heteroatoms. The molecule has 1 aromatic carbocycles. The monoisotopic (exact) mass is 343 g/mol. The van der Waals surface area contributed by atoms with Crippen LogP contribution in [0.2, 0.25) is 10.0 Å². The second kappa shape index (κ2) is 5.48. The maximum Gasteiger partial charge on any atom is 0.340 e. The van der Waals surface area contributed by atoms with Gasteiger partial charge in [-0.3, -0.25) is 0 Å². The van der Waals surface area contributed by atoms with Crippen LogP contribution in [-0.4, -0.2) is 20.0 Å². The predicted molar refractivity (Wildman–Crippen MR) is 73.0 cm³/mol. The Balaban J connectivity index is 3.53. The highest BCUT2D eigenvalue weighted by Crippen LogP contribution is 2.34. The van der Waals surface area contributed by atoms with Gasteiger partial charge in [0, 0.05) is 0 Å². The average molecular weight is 344 g/mol. The fraction of sp³-hybridized carbons (Fsp3) is 0.364. The standard InChI is InChI=1S/C11H12Cl2FNO4S/c1-11(2,3)19-10(16)5-4-6(14)8(13)9(7(5)12)20(15,17)18/h4H,1-3H3,(H2,15,17,18). The summed E-state index contributed by atoms with van der Waals surface area (Å²) in [5, 5.41) is 3.56. The second-order valence-electron chi connectivity index (χ2n) is 4.91. The van der Waals surface area contributed by atoms with E-state index in [4.69, 9.17) is 33.1 Å². The number of sulfonamides is 1. The molecular formula is C11H12Cl2FNO4S. The molecule has 0 heterocycles. The first-order valence-corrected chi connectivity index (χ1v) is 7.58. The van der Waals surface area contributed by atoms with Crippen molar-refractivity contribution in [2.75, 3.05) is 0 Å². The number of nitrogens with two attached hydrogens (primary N) is 1. The van der Waals surface area contributed by atoms with Crippen molar-refractivity contribution in [3.8, 4) is 0 Å². The molecule has 0 bridgehead atoms. The van der Waals surface area contributed by atoms with Crippen LogP contribution in [0.25, 0.3) is 0 Å². The summed E-state index contributed by atoms with van der Waals surface area (Å²) in [6.45, 7) is 4.77. The van der Waals surface area contributed by atoms with E-state index in [1.807, 2.05) is 0 Å². The molecule has 0 atom stereocenters. The van der Waals surface area contributed by atoms with Crippen molar-refractivity contribution in [1.29, 1.82) is 0 Å². The number of hydrogen-bond donors (Lipinski definition) is 1. The Kier molecular flexibility index (Phi) is 4.70. The highest BCUT2D eigenvalue weighted by Gasteiger charge is 2.29. The lowest BCUT2D eigenvalue weighted by Crippen LogP contribution is -2.25. The Morgan fingerprint density at radius 2 is 1.80 bits per heavy atom. The number of primary sulfonamides is 1. The molecule has 0 fully saturated rings. The van der Waals surface area contributed by atoms with Gasteiger partial charge in [0.2, 0.25) is 10.0 Å². The molecule has 0 saturated heterocycles. The first-order chi connectivity index (χ1) is 8.84. The minimum Gasteiger partial charge on any atom is -0.456 e. The van der Waals surface area contributed by atoms with Crippen LogP contribution in [0.5, 0.6) is 0 Å². The van der Waals surface area contributed by atoms with Gasteiger partial charge in [-0.2, -0.15) is 0 Å². The van der Waals surface area contributed by atoms with Crippen molar-refractivity contribution >= 4 is 39.2 Å². The second-order valence-corrected chi connectivity index (χ2v) is 7.16. The summed E-state index contributed by atoms with van der Waals surface area (Å²) in [4.78, 5) is 11.0. The summed E-state index contributed by atoms with van der Waals surface area (Å²) < 4.78 is 41.4. The fourth-order valence-electron chi connectivity index (χ4n) is 1.31. The van der Waals surface area contributed by atoms with Crippen molar-refractivity contribution in [2.24, 2.45) is 5.14 Å². The molecule has 0 aliphatic rings. The molecule has 0 amide bonds. The van der Waals surface area contributed by atoms with Crippen LogP contribution < -0.4 is 5.14 Å². The minimum absolute atomic E-state index is 0.465. The van der Waals surface area contributed by atoms with E-state index >= 15 is 0 Å². The van der Waals surface area contributed by atoms with Gasteiger partial charge in [0.15, 0.2) is 0 Å². The molecule has 0 unspecified atom stereocenters. The topological polar surface area (TPSA) is 86.5 Å². The number of carbonyl (C=O) groups excluding carboxylic acids is 1. The molecule has 0 aliphatic carbocycles. The first kappa shape index (κ1) is 17.2. The summed E-state index contributed by atoms with van der Waals surface area (Å²) in [6, 6.07) is 0.702. The zero-order chi connectivity index (χ0) is 15.9. The lowest BCUT2D eigenvalue weighted by atomic mass is 10.1. The van der Waals surface area contributed by atoms with Crippen molar-refractivity contribution in [3.05, 3.63) is 27.5 Å². The number of hydrogen-bond acceptors (Lipinski definition) is 4. The molecule has 1 rings (SSSR count). The minimum atomic E-state index is -4.40. The zero-order valence-corrected chi connectivity index (χ0v) is 13.2. The van der Waals surface area contributed by atoms with E-state index in [0.29, 0.717) is 6.07 Å². The van der Waals surface area contributed by atoms with E-state index in [2.05, 4.69) is 0 Å². The van der Waals surface area contributed by atoms with Crippen LogP contribution in [0, 0.1) is 5.82 Å². The summed E-state index contributed by atoms with van der Waals surface area (Å²) in [5.41, 5.74) is -1.33. The van der Waals surface area contributed by atoms with Crippen molar-refractivity contribution in [2.45, 2.75) is 31.3 Å². The molecule has 20 heavy (non-hydrogen) atoms. The van der Waals surface area contributed by atoms with E-state index in [1.165, 1.54) is 0 Å². The maximum atomic E-state index is 13.6. The Labute approximate surface area is 125 Å². The Morgan fingerprint density at radius 1 is 1.30 bits per heavy atom. The van der Waals surface area contributed by atoms with Gasteiger partial charge >= 0.3 is 5.97 Å². The molecule has 0 radical (unpaired) electrons. The van der Waals surface area contributed by atoms with Gasteiger partial charge in [0.05, 0.1) is 15.6 Å². The van der Waals surface area contributed by atoms with E-state index < -0.39 is 47.9 Å². The molecule has 0 aromatic heterocycles. The SMILES string of the molecule is CC(C)(C)OC(=O)c1cc(F)c(Cl)c(S(N)(=O)=O)c1Cl. The van der Waals surface area contributed by atoms with Crippen molar-refractivity contribution < 1.29 is 22.3 Å². The van der Waals surface area contributed by atoms with Crippen molar-refractivity contribution in [1.82, 2.24) is 0 Å². The van der Waals surface area contributed by atoms with Crippen LogP contribution >= 0.6 is 23.2 Å². The summed E-state index contributed by atoms with van der Waals surface area (Å²) in [5.74, 6) is -2.12. The Bertz CT molecular complexity index is 668. The van der Waals surface area contributed by atoms with E-state index in [-0.39, 0.29) is 0 Å². The fourth-order valence-corrected chi connectivity index (χ4v) is 3.09. The summed E-state index contributed by atoms with van der Waals surface area (Å²) in [6.07, 6.45) is 0. The molecule has 2 N–H and O–H groups in total. The smallest absolute Gasteiger partial charge is 0.340 e. The highest BCUT2D eigenvalue weighted by molar-refractivity contribution is 7.89. The van der Waals surface area contributed by atoms with E-state index in [0.717, 1.165) is 0 Å². The molecule has 0 aliphatic heterocycles. The highest BCUT2D eigenvalue weighted by atomic mass is 35.5.